The lowest BCUT2D eigenvalue weighted by atomic mass is 10.0. The van der Waals surface area contributed by atoms with Gasteiger partial charge in [-0.15, -0.1) is 11.8 Å². The van der Waals surface area contributed by atoms with Crippen molar-refractivity contribution < 1.29 is 14.7 Å². The molecule has 1 aromatic rings. The zero-order chi connectivity index (χ0) is 23.3. The number of aromatic hydroxyl groups is 1. The minimum atomic E-state index is -0.206. The lowest BCUT2D eigenvalue weighted by molar-refractivity contribution is -0.130. The Labute approximate surface area is 200 Å². The molecule has 0 unspecified atom stereocenters. The van der Waals surface area contributed by atoms with Gasteiger partial charge in [0.25, 0.3) is 0 Å². The van der Waals surface area contributed by atoms with Crippen LogP contribution < -0.4 is 5.32 Å². The molecule has 0 aliphatic rings. The number of amides is 2. The van der Waals surface area contributed by atoms with Crippen LogP contribution in [0.3, 0.4) is 0 Å². The minimum Gasteiger partial charge on any atom is -0.508 e. The van der Waals surface area contributed by atoms with Crippen LogP contribution in [0.2, 0.25) is 0 Å². The Morgan fingerprint density at radius 3 is 1.62 bits per heavy atom. The first kappa shape index (κ1) is 28.5. The number of nitrogens with one attached hydrogen (secondary N) is 1. The molecule has 182 valence electrons. The smallest absolute Gasteiger partial charge is 0.227 e. The van der Waals surface area contributed by atoms with Gasteiger partial charge in [-0.1, -0.05) is 96.8 Å². The van der Waals surface area contributed by atoms with Crippen LogP contribution in [0.5, 0.6) is 5.75 Å². The van der Waals surface area contributed by atoms with E-state index in [2.05, 4.69) is 12.2 Å². The second-order valence-electron chi connectivity index (χ2n) is 8.76. The summed E-state index contributed by atoms with van der Waals surface area (Å²) in [6.07, 6.45) is 20.3. The van der Waals surface area contributed by atoms with Crippen molar-refractivity contribution in [2.45, 2.75) is 121 Å². The molecule has 0 spiro atoms. The summed E-state index contributed by atoms with van der Waals surface area (Å²) in [5.41, 5.74) is 0. The molecule has 0 fully saturated rings. The molecule has 0 aromatic heterocycles. The predicted octanol–water partition coefficient (Wildman–Crippen LogP) is 7.78. The summed E-state index contributed by atoms with van der Waals surface area (Å²) < 4.78 is 0. The van der Waals surface area contributed by atoms with E-state index < -0.39 is 0 Å². The molecule has 0 aliphatic carbocycles. The molecular formula is C27H45NO3S. The van der Waals surface area contributed by atoms with Crippen LogP contribution in [0, 0.1) is 0 Å². The van der Waals surface area contributed by atoms with Crippen LogP contribution in [-0.4, -0.2) is 22.7 Å². The minimum absolute atomic E-state index is 0.153. The number of thioether (sulfide) groups is 1. The fraction of sp³-hybridized carbons (Fsp3) is 0.704. The highest BCUT2D eigenvalue weighted by Crippen LogP contribution is 2.21. The number of benzene rings is 1. The summed E-state index contributed by atoms with van der Waals surface area (Å²) in [4.78, 5) is 24.8. The summed E-state index contributed by atoms with van der Waals surface area (Å²) in [6, 6.07) is 6.89. The highest BCUT2D eigenvalue weighted by molar-refractivity contribution is 7.99. The Kier molecular flexibility index (Phi) is 18.0. The second kappa shape index (κ2) is 20.1. The van der Waals surface area contributed by atoms with Crippen LogP contribution in [0.25, 0.3) is 0 Å². The van der Waals surface area contributed by atoms with Crippen molar-refractivity contribution in [3.05, 3.63) is 24.3 Å². The normalized spacial score (nSPS) is 10.9. The molecule has 0 saturated carbocycles. The van der Waals surface area contributed by atoms with Gasteiger partial charge in [-0.3, -0.25) is 14.9 Å². The zero-order valence-electron chi connectivity index (χ0n) is 20.2. The number of carbonyl (C=O) groups is 2. The molecule has 2 amide bonds. The number of unbranched alkanes of at least 4 members (excludes halogenated alkanes) is 14. The van der Waals surface area contributed by atoms with E-state index in [-0.39, 0.29) is 17.6 Å². The fourth-order valence-corrected chi connectivity index (χ4v) is 4.59. The molecule has 0 saturated heterocycles. The van der Waals surface area contributed by atoms with E-state index in [1.54, 1.807) is 23.9 Å². The lowest BCUT2D eigenvalue weighted by Crippen LogP contribution is -2.30. The molecule has 0 aliphatic heterocycles. The van der Waals surface area contributed by atoms with Gasteiger partial charge in [0.1, 0.15) is 5.75 Å². The lowest BCUT2D eigenvalue weighted by Gasteiger charge is -2.05. The topological polar surface area (TPSA) is 66.4 Å². The van der Waals surface area contributed by atoms with Crippen LogP contribution in [0.1, 0.15) is 116 Å². The Bertz CT molecular complexity index is 603. The summed E-state index contributed by atoms with van der Waals surface area (Å²) in [6.45, 7) is 2.27. The molecule has 4 nitrogen and oxygen atoms in total. The maximum Gasteiger partial charge on any atom is 0.227 e. The standard InChI is InChI=1S/C27H45NO3S/c1-2-3-4-5-6-7-8-9-10-11-12-13-14-15-16-17-26(30)28-27(31)22-23-32-25-20-18-24(29)19-21-25/h18-21,29H,2-17,22-23H2,1H3,(H,28,30,31). The molecule has 1 aromatic carbocycles. The molecule has 0 atom stereocenters. The van der Waals surface area contributed by atoms with Gasteiger partial charge in [-0.2, -0.15) is 0 Å². The molecule has 0 heterocycles. The van der Waals surface area contributed by atoms with Gasteiger partial charge in [0, 0.05) is 23.5 Å². The van der Waals surface area contributed by atoms with Crippen LogP contribution in [-0.2, 0) is 9.59 Å². The molecule has 2 N–H and O–H groups in total. The van der Waals surface area contributed by atoms with Gasteiger partial charge in [0.2, 0.25) is 11.8 Å². The summed E-state index contributed by atoms with van der Waals surface area (Å²) in [7, 11) is 0. The quantitative estimate of drug-likeness (QED) is 0.153. The van der Waals surface area contributed by atoms with Gasteiger partial charge in [0.15, 0.2) is 0 Å². The number of hydrogen-bond donors (Lipinski definition) is 2. The molecule has 32 heavy (non-hydrogen) atoms. The zero-order valence-corrected chi connectivity index (χ0v) is 21.0. The van der Waals surface area contributed by atoms with Gasteiger partial charge < -0.3 is 5.11 Å². The number of rotatable bonds is 20. The molecule has 0 bridgehead atoms. The van der Waals surface area contributed by atoms with E-state index in [4.69, 9.17) is 0 Å². The van der Waals surface area contributed by atoms with Crippen molar-refractivity contribution in [3.63, 3.8) is 0 Å². The average Bonchev–Trinajstić information content (AvgIpc) is 2.77. The molecular weight excluding hydrogens is 418 g/mol. The molecule has 5 heteroatoms. The third kappa shape index (κ3) is 17.1. The Morgan fingerprint density at radius 2 is 1.12 bits per heavy atom. The van der Waals surface area contributed by atoms with E-state index >= 15 is 0 Å². The Morgan fingerprint density at radius 1 is 0.688 bits per heavy atom. The SMILES string of the molecule is CCCCCCCCCCCCCCCCCC(=O)NC(=O)CCSc1ccc(O)cc1. The van der Waals surface area contributed by atoms with E-state index in [0.29, 0.717) is 18.6 Å². The van der Waals surface area contributed by atoms with E-state index in [9.17, 15) is 14.7 Å². The van der Waals surface area contributed by atoms with Crippen molar-refractivity contribution in [2.75, 3.05) is 5.75 Å². The first-order valence-corrected chi connectivity index (χ1v) is 13.8. The average molecular weight is 464 g/mol. The highest BCUT2D eigenvalue weighted by atomic mass is 32.2. The summed E-state index contributed by atoms with van der Waals surface area (Å²) in [5.74, 6) is 0.487. The summed E-state index contributed by atoms with van der Waals surface area (Å²) >= 11 is 1.54. The van der Waals surface area contributed by atoms with Crippen LogP contribution in [0.15, 0.2) is 29.2 Å². The van der Waals surface area contributed by atoms with Crippen molar-refractivity contribution in [1.29, 1.82) is 0 Å². The largest absolute Gasteiger partial charge is 0.508 e. The van der Waals surface area contributed by atoms with E-state index in [1.165, 1.54) is 83.5 Å². The number of imide groups is 1. The number of hydrogen-bond acceptors (Lipinski definition) is 4. The Hall–Kier alpha value is -1.49. The van der Waals surface area contributed by atoms with Crippen molar-refractivity contribution >= 4 is 23.6 Å². The second-order valence-corrected chi connectivity index (χ2v) is 9.93. The Balaban J connectivity index is 1.84. The van der Waals surface area contributed by atoms with Gasteiger partial charge >= 0.3 is 0 Å². The monoisotopic (exact) mass is 463 g/mol. The first-order chi connectivity index (χ1) is 15.6. The number of phenols is 1. The maximum atomic E-state index is 11.9. The van der Waals surface area contributed by atoms with Crippen molar-refractivity contribution in [1.82, 2.24) is 5.32 Å². The van der Waals surface area contributed by atoms with Gasteiger partial charge in [0.05, 0.1) is 0 Å². The maximum absolute atomic E-state index is 11.9. The third-order valence-electron chi connectivity index (χ3n) is 5.72. The van der Waals surface area contributed by atoms with Crippen LogP contribution >= 0.6 is 11.8 Å². The summed E-state index contributed by atoms with van der Waals surface area (Å²) in [5, 5.41) is 11.8. The molecule has 1 rings (SSSR count). The van der Waals surface area contributed by atoms with E-state index in [0.717, 1.165) is 17.7 Å². The van der Waals surface area contributed by atoms with Gasteiger partial charge in [-0.05, 0) is 30.7 Å². The van der Waals surface area contributed by atoms with Crippen molar-refractivity contribution in [3.8, 4) is 5.75 Å². The molecule has 0 radical (unpaired) electrons. The third-order valence-corrected chi connectivity index (χ3v) is 6.73. The first-order valence-electron chi connectivity index (χ1n) is 12.9. The van der Waals surface area contributed by atoms with Crippen molar-refractivity contribution in [2.24, 2.45) is 0 Å². The highest BCUT2D eigenvalue weighted by Gasteiger charge is 2.08. The van der Waals surface area contributed by atoms with Crippen LogP contribution in [0.4, 0.5) is 0 Å². The fourth-order valence-electron chi connectivity index (χ4n) is 3.74. The van der Waals surface area contributed by atoms with Gasteiger partial charge in [-0.25, -0.2) is 0 Å². The predicted molar refractivity (Wildman–Crippen MR) is 136 cm³/mol. The number of phenolic OH excluding ortho intramolecular Hbond substituents is 1. The number of carbonyl (C=O) groups excluding carboxylic acids is 2. The van der Waals surface area contributed by atoms with E-state index in [1.807, 2.05) is 12.1 Å².